The highest BCUT2D eigenvalue weighted by atomic mass is 16.5. The minimum atomic E-state index is -1.10. The molecular formula is C22H28N2O4. The quantitative estimate of drug-likeness (QED) is 0.682. The molecule has 1 atom stereocenters. The molecule has 2 aromatic carbocycles. The Morgan fingerprint density at radius 1 is 1.14 bits per heavy atom. The number of aryl methyl sites for hydroxylation is 1. The number of primary amides is 1. The molecule has 0 heterocycles. The number of nitrogens with two attached hydrogens (primary N) is 1. The number of rotatable bonds is 7. The maximum Gasteiger partial charge on any atom is 0.251 e. The van der Waals surface area contributed by atoms with Crippen LogP contribution >= 0.6 is 0 Å². The van der Waals surface area contributed by atoms with Gasteiger partial charge >= 0.3 is 0 Å². The zero-order chi connectivity index (χ0) is 20.9. The van der Waals surface area contributed by atoms with Gasteiger partial charge in [0.2, 0.25) is 5.91 Å². The van der Waals surface area contributed by atoms with Crippen molar-refractivity contribution in [3.8, 4) is 5.75 Å². The maximum absolute atomic E-state index is 12.1. The molecule has 28 heavy (non-hydrogen) atoms. The molecule has 0 saturated carbocycles. The summed E-state index contributed by atoms with van der Waals surface area (Å²) in [4.78, 5) is 23.2. The molecule has 0 aliphatic heterocycles. The van der Waals surface area contributed by atoms with Crippen LogP contribution in [-0.2, 0) is 16.8 Å². The number of ether oxygens (including phenoxy) is 1. The van der Waals surface area contributed by atoms with Gasteiger partial charge in [-0.15, -0.1) is 0 Å². The van der Waals surface area contributed by atoms with Crippen LogP contribution in [0.25, 0.3) is 0 Å². The van der Waals surface area contributed by atoms with Crippen molar-refractivity contribution < 1.29 is 19.4 Å². The SMILES string of the molecule is Cc1cc(C(C)(C)C)ccc1OCc1ccc(C(=O)NC(CO)C(N)=O)cc1. The first-order chi connectivity index (χ1) is 13.1. The van der Waals surface area contributed by atoms with Crippen LogP contribution in [0.5, 0.6) is 5.75 Å². The van der Waals surface area contributed by atoms with Crippen molar-refractivity contribution in [1.29, 1.82) is 0 Å². The summed E-state index contributed by atoms with van der Waals surface area (Å²) in [7, 11) is 0. The van der Waals surface area contributed by atoms with Crippen LogP contribution in [-0.4, -0.2) is 29.6 Å². The third-order valence-electron chi connectivity index (χ3n) is 4.48. The molecule has 0 aliphatic carbocycles. The van der Waals surface area contributed by atoms with Gasteiger partial charge in [0.15, 0.2) is 0 Å². The average molecular weight is 384 g/mol. The van der Waals surface area contributed by atoms with Crippen LogP contribution in [0, 0.1) is 6.92 Å². The molecule has 0 spiro atoms. The van der Waals surface area contributed by atoms with Gasteiger partial charge < -0.3 is 20.9 Å². The van der Waals surface area contributed by atoms with E-state index in [0.717, 1.165) is 16.9 Å². The molecule has 1 unspecified atom stereocenters. The lowest BCUT2D eigenvalue weighted by molar-refractivity contribution is -0.120. The molecule has 0 bridgehead atoms. The van der Waals surface area contributed by atoms with Crippen molar-refractivity contribution in [2.24, 2.45) is 5.73 Å². The Kier molecular flexibility index (Phi) is 6.80. The van der Waals surface area contributed by atoms with Gasteiger partial charge in [-0.3, -0.25) is 9.59 Å². The van der Waals surface area contributed by atoms with E-state index in [-0.39, 0.29) is 5.41 Å². The Morgan fingerprint density at radius 2 is 1.79 bits per heavy atom. The molecule has 2 aromatic rings. The van der Waals surface area contributed by atoms with Crippen molar-refractivity contribution >= 4 is 11.8 Å². The van der Waals surface area contributed by atoms with Crippen LogP contribution < -0.4 is 15.8 Å². The van der Waals surface area contributed by atoms with Crippen LogP contribution in [0.3, 0.4) is 0 Å². The first kappa shape index (κ1) is 21.4. The van der Waals surface area contributed by atoms with E-state index in [1.54, 1.807) is 24.3 Å². The molecule has 6 nitrogen and oxygen atoms in total. The van der Waals surface area contributed by atoms with E-state index in [0.29, 0.717) is 12.2 Å². The first-order valence-corrected chi connectivity index (χ1v) is 9.15. The van der Waals surface area contributed by atoms with Crippen molar-refractivity contribution in [2.75, 3.05) is 6.61 Å². The molecule has 4 N–H and O–H groups in total. The first-order valence-electron chi connectivity index (χ1n) is 9.15. The van der Waals surface area contributed by atoms with E-state index in [2.05, 4.69) is 38.2 Å². The van der Waals surface area contributed by atoms with Crippen molar-refractivity contribution in [1.82, 2.24) is 5.32 Å². The summed E-state index contributed by atoms with van der Waals surface area (Å²) in [6, 6.07) is 11.9. The summed E-state index contributed by atoms with van der Waals surface area (Å²) in [5.74, 6) is -0.435. The molecule has 0 fully saturated rings. The molecule has 0 aliphatic rings. The predicted molar refractivity (Wildman–Crippen MR) is 108 cm³/mol. The van der Waals surface area contributed by atoms with Gasteiger partial charge in [-0.2, -0.15) is 0 Å². The zero-order valence-corrected chi connectivity index (χ0v) is 16.8. The Hall–Kier alpha value is -2.86. The van der Waals surface area contributed by atoms with E-state index in [9.17, 15) is 9.59 Å². The lowest BCUT2D eigenvalue weighted by atomic mass is 9.86. The zero-order valence-electron chi connectivity index (χ0n) is 16.8. The second-order valence-corrected chi connectivity index (χ2v) is 7.83. The lowest BCUT2D eigenvalue weighted by Crippen LogP contribution is -2.46. The Balaban J connectivity index is 1.99. The molecule has 0 saturated heterocycles. The minimum absolute atomic E-state index is 0.0865. The standard InChI is InChI=1S/C22H28N2O4/c1-14-11-17(22(2,3)4)9-10-19(14)28-13-15-5-7-16(8-6-15)21(27)24-18(12-25)20(23)26/h5-11,18,25H,12-13H2,1-4H3,(H2,23,26)(H,24,27). The fourth-order valence-electron chi connectivity index (χ4n) is 2.64. The van der Waals surface area contributed by atoms with E-state index in [1.165, 1.54) is 5.56 Å². The smallest absolute Gasteiger partial charge is 0.251 e. The van der Waals surface area contributed by atoms with Gasteiger partial charge in [0.1, 0.15) is 18.4 Å². The molecule has 2 rings (SSSR count). The van der Waals surface area contributed by atoms with Crippen LogP contribution in [0.1, 0.15) is 47.8 Å². The van der Waals surface area contributed by atoms with Gasteiger partial charge in [-0.25, -0.2) is 0 Å². The molecule has 0 radical (unpaired) electrons. The van der Waals surface area contributed by atoms with Gasteiger partial charge in [0.25, 0.3) is 5.91 Å². The molecule has 2 amide bonds. The van der Waals surface area contributed by atoms with Crippen LogP contribution in [0.4, 0.5) is 0 Å². The molecule has 6 heteroatoms. The second-order valence-electron chi connectivity index (χ2n) is 7.83. The van der Waals surface area contributed by atoms with Gasteiger partial charge in [-0.1, -0.05) is 45.0 Å². The Morgan fingerprint density at radius 3 is 2.29 bits per heavy atom. The van der Waals surface area contributed by atoms with E-state index >= 15 is 0 Å². The number of carbonyl (C=O) groups excluding carboxylic acids is 2. The Bertz CT molecular complexity index is 839. The Labute approximate surface area is 165 Å². The molecular weight excluding hydrogens is 356 g/mol. The second kappa shape index (κ2) is 8.89. The number of benzene rings is 2. The van der Waals surface area contributed by atoms with E-state index < -0.39 is 24.5 Å². The molecule has 150 valence electrons. The average Bonchev–Trinajstić information content (AvgIpc) is 2.64. The summed E-state index contributed by atoms with van der Waals surface area (Å²) in [5, 5.41) is 11.5. The number of amides is 2. The van der Waals surface area contributed by atoms with Gasteiger partial charge in [0.05, 0.1) is 6.61 Å². The number of hydrogen-bond acceptors (Lipinski definition) is 4. The van der Waals surface area contributed by atoms with Crippen molar-refractivity contribution in [3.63, 3.8) is 0 Å². The van der Waals surface area contributed by atoms with E-state index in [1.807, 2.05) is 13.0 Å². The summed E-state index contributed by atoms with van der Waals surface area (Å²) in [5.41, 5.74) is 8.80. The highest BCUT2D eigenvalue weighted by Crippen LogP contribution is 2.28. The summed E-state index contributed by atoms with van der Waals surface area (Å²) in [6.45, 7) is 8.37. The lowest BCUT2D eigenvalue weighted by Gasteiger charge is -2.20. The summed E-state index contributed by atoms with van der Waals surface area (Å²) < 4.78 is 5.91. The largest absolute Gasteiger partial charge is 0.489 e. The third-order valence-corrected chi connectivity index (χ3v) is 4.48. The van der Waals surface area contributed by atoms with Gasteiger partial charge in [-0.05, 0) is 47.2 Å². The fourth-order valence-corrected chi connectivity index (χ4v) is 2.64. The topological polar surface area (TPSA) is 102 Å². The normalized spacial score (nSPS) is 12.3. The predicted octanol–water partition coefficient (Wildman–Crippen LogP) is 2.45. The number of hydrogen-bond donors (Lipinski definition) is 3. The van der Waals surface area contributed by atoms with Crippen LogP contribution in [0.15, 0.2) is 42.5 Å². The summed E-state index contributed by atoms with van der Waals surface area (Å²) in [6.07, 6.45) is 0. The minimum Gasteiger partial charge on any atom is -0.489 e. The van der Waals surface area contributed by atoms with Gasteiger partial charge in [0, 0.05) is 5.56 Å². The highest BCUT2D eigenvalue weighted by Gasteiger charge is 2.18. The van der Waals surface area contributed by atoms with E-state index in [4.69, 9.17) is 15.6 Å². The van der Waals surface area contributed by atoms with Crippen LogP contribution in [0.2, 0.25) is 0 Å². The molecule has 0 aromatic heterocycles. The summed E-state index contributed by atoms with van der Waals surface area (Å²) >= 11 is 0. The number of nitrogens with one attached hydrogen (secondary N) is 1. The van der Waals surface area contributed by atoms with Crippen molar-refractivity contribution in [3.05, 3.63) is 64.7 Å². The fraction of sp³-hybridized carbons (Fsp3) is 0.364. The number of carbonyl (C=O) groups is 2. The number of aliphatic hydroxyl groups excluding tert-OH is 1. The number of aliphatic hydroxyl groups is 1. The third kappa shape index (κ3) is 5.57. The van der Waals surface area contributed by atoms with Crippen molar-refractivity contribution in [2.45, 2.75) is 45.8 Å². The monoisotopic (exact) mass is 384 g/mol. The highest BCUT2D eigenvalue weighted by molar-refractivity contribution is 5.97. The maximum atomic E-state index is 12.1.